The first-order chi connectivity index (χ1) is 32.8. The summed E-state index contributed by atoms with van der Waals surface area (Å²) in [5.74, 6) is -0.587. The van der Waals surface area contributed by atoms with Gasteiger partial charge in [-0.2, -0.15) is 0 Å². The lowest BCUT2D eigenvalue weighted by Gasteiger charge is -2.41. The first-order valence-corrected chi connectivity index (χ1v) is 29.7. The number of amides is 1. The van der Waals surface area contributed by atoms with Gasteiger partial charge in [-0.25, -0.2) is 4.57 Å². The zero-order chi connectivity index (χ0) is 50.1. The van der Waals surface area contributed by atoms with Crippen LogP contribution in [0.1, 0.15) is 264 Å². The van der Waals surface area contributed by atoms with E-state index in [1.807, 2.05) is 0 Å². The average molecular weight is 992 g/mol. The van der Waals surface area contributed by atoms with Crippen molar-refractivity contribution in [1.82, 2.24) is 5.32 Å². The second-order valence-electron chi connectivity index (χ2n) is 20.3. The molecule has 0 heterocycles. The van der Waals surface area contributed by atoms with Gasteiger partial charge in [0, 0.05) is 0 Å². The smallest absolute Gasteiger partial charge is 0.393 e. The van der Waals surface area contributed by atoms with Gasteiger partial charge in [0.25, 0.3) is 0 Å². The zero-order valence-corrected chi connectivity index (χ0v) is 44.2. The molecule has 1 rings (SSSR count). The lowest BCUT2D eigenvalue weighted by atomic mass is 9.85. The van der Waals surface area contributed by atoms with Gasteiger partial charge in [0.05, 0.1) is 31.3 Å². The third-order valence-corrected chi connectivity index (χ3v) is 14.9. The quantitative estimate of drug-likeness (QED) is 0.0158. The number of carbonyl (C=O) groups is 1. The molecule has 13 nitrogen and oxygen atoms in total. The number of hydrogen-bond donors (Lipinski definition) is 9. The molecular weight excluding hydrogens is 886 g/mol. The van der Waals surface area contributed by atoms with Gasteiger partial charge >= 0.3 is 7.82 Å². The Morgan fingerprint density at radius 3 is 1.21 bits per heavy atom. The number of aliphatic hydroxyl groups is 7. The van der Waals surface area contributed by atoms with Crippen LogP contribution in [0, 0.1) is 0 Å². The Morgan fingerprint density at radius 1 is 0.515 bits per heavy atom. The molecule has 1 saturated carbocycles. The highest BCUT2D eigenvalue weighted by molar-refractivity contribution is 7.47. The number of nitrogens with one attached hydrogen (secondary N) is 1. The molecule has 0 aromatic carbocycles. The number of aliphatic hydroxyl groups excluding tert-OH is 7. The first-order valence-electron chi connectivity index (χ1n) is 28.2. The molecule has 1 aliphatic carbocycles. The number of carbonyl (C=O) groups excluding carboxylic acids is 1. The van der Waals surface area contributed by atoms with Gasteiger partial charge in [0.15, 0.2) is 0 Å². The SMILES string of the molecule is CCCCCCCCCCCCCCCCC/C=C/C(O)C(COP(=O)(O)OC1C(O)C(O)C(O)C(O)C1O)NC(=O)CC(O)CCCCCCCCCCCCCCCCCCCCCCC. The number of rotatable bonds is 48. The number of unbranched alkanes of at least 4 members (excludes halogenated alkanes) is 35. The number of allylic oxidation sites excluding steroid dienone is 1. The van der Waals surface area contributed by atoms with E-state index in [9.17, 15) is 50.0 Å². The minimum absolute atomic E-state index is 0.239. The summed E-state index contributed by atoms with van der Waals surface area (Å²) in [5.41, 5.74) is 0. The Labute approximate surface area is 414 Å². The highest BCUT2D eigenvalue weighted by Crippen LogP contribution is 2.47. The molecule has 68 heavy (non-hydrogen) atoms. The van der Waals surface area contributed by atoms with Gasteiger partial charge in [0.1, 0.15) is 36.6 Å². The molecule has 8 atom stereocenters. The Bertz CT molecular complexity index is 1210. The fraction of sp³-hybridized carbons (Fsp3) is 0.944. The van der Waals surface area contributed by atoms with Crippen molar-refractivity contribution in [1.29, 1.82) is 0 Å². The fourth-order valence-electron chi connectivity index (χ4n) is 9.30. The van der Waals surface area contributed by atoms with Crippen LogP contribution in [0.2, 0.25) is 0 Å². The molecule has 0 aromatic rings. The van der Waals surface area contributed by atoms with Crippen LogP contribution in [0.15, 0.2) is 12.2 Å². The van der Waals surface area contributed by atoms with E-state index in [4.69, 9.17) is 9.05 Å². The summed E-state index contributed by atoms with van der Waals surface area (Å²) < 4.78 is 23.0. The van der Waals surface area contributed by atoms with Gasteiger partial charge in [-0.1, -0.05) is 251 Å². The molecule has 0 aromatic heterocycles. The number of phosphoric acid groups is 1. The summed E-state index contributed by atoms with van der Waals surface area (Å²) in [7, 11) is -5.14. The van der Waals surface area contributed by atoms with Crippen LogP contribution in [-0.2, 0) is 18.4 Å². The zero-order valence-electron chi connectivity index (χ0n) is 43.3. The van der Waals surface area contributed by atoms with Crippen molar-refractivity contribution in [2.75, 3.05) is 6.61 Å². The first kappa shape index (κ1) is 65.1. The predicted octanol–water partition coefficient (Wildman–Crippen LogP) is 11.3. The summed E-state index contributed by atoms with van der Waals surface area (Å²) in [6, 6.07) is -1.24. The number of hydrogen-bond acceptors (Lipinski definition) is 11. The van der Waals surface area contributed by atoms with Gasteiger partial charge in [-0.3, -0.25) is 13.8 Å². The molecule has 1 amide bonds. The monoisotopic (exact) mass is 992 g/mol. The standard InChI is InChI=1S/C54H106NO12P/c1-3-5-7-9-11-13-15-17-19-21-22-23-24-26-27-29-31-33-35-37-39-41-45(56)43-48(58)55-46(44-66-68(64,65)67-54-52(62)50(60)49(59)51(61)53(54)63)47(57)42-40-38-36-34-32-30-28-25-20-18-16-14-12-10-8-6-4-2/h40,42,45-47,49-54,56-57,59-63H,3-39,41,43-44H2,1-2H3,(H,55,58)(H,64,65)/b42-40+. The van der Waals surface area contributed by atoms with Crippen molar-refractivity contribution >= 4 is 13.7 Å². The Balaban J connectivity index is 2.41. The molecule has 14 heteroatoms. The van der Waals surface area contributed by atoms with Crippen molar-refractivity contribution in [2.24, 2.45) is 0 Å². The molecule has 1 aliphatic rings. The van der Waals surface area contributed by atoms with Crippen LogP contribution in [0.3, 0.4) is 0 Å². The van der Waals surface area contributed by atoms with Crippen LogP contribution >= 0.6 is 7.82 Å². The van der Waals surface area contributed by atoms with E-state index in [2.05, 4.69) is 19.2 Å². The van der Waals surface area contributed by atoms with E-state index in [1.165, 1.54) is 192 Å². The summed E-state index contributed by atoms with van der Waals surface area (Å²) in [6.45, 7) is 3.79. The molecular formula is C54H106NO12P. The fourth-order valence-corrected chi connectivity index (χ4v) is 10.3. The van der Waals surface area contributed by atoms with Crippen molar-refractivity contribution in [3.63, 3.8) is 0 Å². The van der Waals surface area contributed by atoms with Crippen molar-refractivity contribution in [3.8, 4) is 0 Å². The van der Waals surface area contributed by atoms with Crippen LogP contribution in [0.4, 0.5) is 0 Å². The highest BCUT2D eigenvalue weighted by Gasteiger charge is 2.51. The van der Waals surface area contributed by atoms with E-state index >= 15 is 0 Å². The molecule has 8 unspecified atom stereocenters. The van der Waals surface area contributed by atoms with Crippen molar-refractivity contribution in [3.05, 3.63) is 12.2 Å². The summed E-state index contributed by atoms with van der Waals surface area (Å²) in [6.07, 6.45) is 35.8. The molecule has 0 bridgehead atoms. The summed E-state index contributed by atoms with van der Waals surface area (Å²) in [4.78, 5) is 23.6. The van der Waals surface area contributed by atoms with Gasteiger partial charge in [0.2, 0.25) is 5.91 Å². The average Bonchev–Trinajstić information content (AvgIpc) is 3.31. The maximum Gasteiger partial charge on any atom is 0.472 e. The maximum atomic E-state index is 13.1. The second-order valence-corrected chi connectivity index (χ2v) is 21.7. The van der Waals surface area contributed by atoms with E-state index in [0.29, 0.717) is 12.8 Å². The lowest BCUT2D eigenvalue weighted by molar-refractivity contribution is -0.220. The van der Waals surface area contributed by atoms with Crippen LogP contribution in [0.25, 0.3) is 0 Å². The molecule has 0 radical (unpaired) electrons. The Kier molecular flexibility index (Phi) is 41.7. The predicted molar refractivity (Wildman–Crippen MR) is 275 cm³/mol. The normalized spacial score (nSPS) is 22.1. The minimum atomic E-state index is -5.14. The summed E-state index contributed by atoms with van der Waals surface area (Å²) in [5, 5.41) is 74.8. The van der Waals surface area contributed by atoms with Crippen LogP contribution in [0.5, 0.6) is 0 Å². The minimum Gasteiger partial charge on any atom is -0.393 e. The van der Waals surface area contributed by atoms with E-state index < -0.39 is 75.2 Å². The lowest BCUT2D eigenvalue weighted by Crippen LogP contribution is -2.64. The number of phosphoric ester groups is 1. The highest BCUT2D eigenvalue weighted by atomic mass is 31.2. The third-order valence-electron chi connectivity index (χ3n) is 13.9. The van der Waals surface area contributed by atoms with Gasteiger partial charge in [-0.05, 0) is 19.3 Å². The van der Waals surface area contributed by atoms with E-state index in [1.54, 1.807) is 6.08 Å². The van der Waals surface area contributed by atoms with Crippen molar-refractivity contribution < 1.29 is 59.0 Å². The molecule has 0 saturated heterocycles. The topological polar surface area (TPSA) is 226 Å². The molecule has 404 valence electrons. The van der Waals surface area contributed by atoms with Crippen LogP contribution in [-0.4, -0.2) is 108 Å². The molecule has 9 N–H and O–H groups in total. The van der Waals surface area contributed by atoms with E-state index in [0.717, 1.165) is 44.9 Å². The largest absolute Gasteiger partial charge is 0.472 e. The third kappa shape index (κ3) is 34.4. The van der Waals surface area contributed by atoms with Gasteiger partial charge in [-0.15, -0.1) is 0 Å². The molecule has 1 fully saturated rings. The van der Waals surface area contributed by atoms with Gasteiger partial charge < -0.3 is 46.0 Å². The van der Waals surface area contributed by atoms with Crippen LogP contribution < -0.4 is 5.32 Å². The maximum absolute atomic E-state index is 13.1. The summed E-state index contributed by atoms with van der Waals surface area (Å²) >= 11 is 0. The Morgan fingerprint density at radius 2 is 0.838 bits per heavy atom. The molecule has 0 spiro atoms. The van der Waals surface area contributed by atoms with Crippen molar-refractivity contribution in [2.45, 2.75) is 319 Å². The van der Waals surface area contributed by atoms with E-state index in [-0.39, 0.29) is 6.42 Å². The second kappa shape index (κ2) is 43.6. The Hall–Kier alpha value is -0.960. The molecule has 0 aliphatic heterocycles.